The van der Waals surface area contributed by atoms with E-state index in [4.69, 9.17) is 9.52 Å². The summed E-state index contributed by atoms with van der Waals surface area (Å²) in [4.78, 5) is 18.2. The molecule has 2 rings (SSSR count). The average molecular weight is 294 g/mol. The summed E-state index contributed by atoms with van der Waals surface area (Å²) in [7, 11) is 0. The predicted octanol–water partition coefficient (Wildman–Crippen LogP) is 3.01. The molecule has 0 atom stereocenters. The van der Waals surface area contributed by atoms with Crippen molar-refractivity contribution in [2.24, 2.45) is 0 Å². The zero-order valence-corrected chi connectivity index (χ0v) is 12.4. The number of hydrogen-bond acceptors (Lipinski definition) is 5. The van der Waals surface area contributed by atoms with E-state index in [1.165, 1.54) is 0 Å². The van der Waals surface area contributed by atoms with E-state index in [1.807, 2.05) is 36.3 Å². The van der Waals surface area contributed by atoms with Crippen LogP contribution in [0.15, 0.2) is 21.9 Å². The van der Waals surface area contributed by atoms with Gasteiger partial charge in [0.1, 0.15) is 5.76 Å². The van der Waals surface area contributed by atoms with Crippen LogP contribution < -0.4 is 0 Å². The van der Waals surface area contributed by atoms with Gasteiger partial charge in [0.2, 0.25) is 5.89 Å². The van der Waals surface area contributed by atoms with Crippen molar-refractivity contribution in [3.8, 4) is 10.8 Å². The van der Waals surface area contributed by atoms with Crippen LogP contribution >= 0.6 is 11.3 Å². The van der Waals surface area contributed by atoms with Crippen LogP contribution in [0.5, 0.6) is 0 Å². The van der Waals surface area contributed by atoms with Gasteiger partial charge >= 0.3 is 5.97 Å². The van der Waals surface area contributed by atoms with Gasteiger partial charge in [-0.1, -0.05) is 13.0 Å². The number of aliphatic carboxylic acids is 1. The number of rotatable bonds is 7. The lowest BCUT2D eigenvalue weighted by molar-refractivity contribution is -0.138. The van der Waals surface area contributed by atoms with E-state index in [1.54, 1.807) is 11.3 Å². The third-order valence-electron chi connectivity index (χ3n) is 2.90. The first-order valence-corrected chi connectivity index (χ1v) is 7.42. The normalized spacial score (nSPS) is 11.2. The molecule has 2 aromatic rings. The average Bonchev–Trinajstić information content (AvgIpc) is 2.99. The third kappa shape index (κ3) is 3.68. The van der Waals surface area contributed by atoms with Crippen LogP contribution in [0.25, 0.3) is 10.8 Å². The lowest BCUT2D eigenvalue weighted by atomic mass is 10.3. The van der Waals surface area contributed by atoms with Gasteiger partial charge in [-0.15, -0.1) is 11.3 Å². The molecule has 0 aliphatic rings. The molecule has 2 aromatic heterocycles. The Kier molecular flexibility index (Phi) is 4.92. The van der Waals surface area contributed by atoms with E-state index in [0.717, 1.165) is 29.3 Å². The minimum atomic E-state index is -0.821. The molecule has 0 saturated carbocycles. The van der Waals surface area contributed by atoms with Crippen molar-refractivity contribution in [1.29, 1.82) is 0 Å². The number of carbonyl (C=O) groups is 1. The molecule has 0 unspecified atom stereocenters. The summed E-state index contributed by atoms with van der Waals surface area (Å²) in [6, 6.07) is 3.91. The van der Waals surface area contributed by atoms with Crippen LogP contribution in [-0.4, -0.2) is 34.0 Å². The molecule has 108 valence electrons. The zero-order valence-electron chi connectivity index (χ0n) is 11.6. The maximum atomic E-state index is 10.9. The van der Waals surface area contributed by atoms with Gasteiger partial charge in [0.15, 0.2) is 0 Å². The molecule has 6 heteroatoms. The molecule has 0 radical (unpaired) electrons. The monoisotopic (exact) mass is 294 g/mol. The van der Waals surface area contributed by atoms with Crippen LogP contribution in [0.3, 0.4) is 0 Å². The fraction of sp³-hybridized carbons (Fsp3) is 0.429. The van der Waals surface area contributed by atoms with Gasteiger partial charge in [-0.2, -0.15) is 0 Å². The first-order chi connectivity index (χ1) is 9.60. The number of carboxylic acid groups (broad SMARTS) is 1. The number of oxazole rings is 1. The van der Waals surface area contributed by atoms with Gasteiger partial charge in [0.25, 0.3) is 0 Å². The Balaban J connectivity index is 2.13. The Morgan fingerprint density at radius 3 is 2.95 bits per heavy atom. The molecule has 0 aromatic carbocycles. The van der Waals surface area contributed by atoms with Crippen LogP contribution in [0, 0.1) is 6.92 Å². The van der Waals surface area contributed by atoms with E-state index < -0.39 is 5.97 Å². The number of aromatic nitrogens is 1. The Bertz CT molecular complexity index is 563. The largest absolute Gasteiger partial charge is 0.480 e. The number of thiophene rings is 1. The number of aryl methyl sites for hydroxylation is 1. The minimum Gasteiger partial charge on any atom is -0.480 e. The van der Waals surface area contributed by atoms with Crippen LogP contribution in [-0.2, 0) is 11.3 Å². The summed E-state index contributed by atoms with van der Waals surface area (Å²) in [5, 5.41) is 10.9. The highest BCUT2D eigenvalue weighted by Gasteiger charge is 2.16. The second-order valence-electron chi connectivity index (χ2n) is 4.60. The van der Waals surface area contributed by atoms with Crippen molar-refractivity contribution in [2.75, 3.05) is 13.1 Å². The molecule has 0 amide bonds. The molecule has 20 heavy (non-hydrogen) atoms. The number of hydrogen-bond donors (Lipinski definition) is 1. The predicted molar refractivity (Wildman–Crippen MR) is 77.8 cm³/mol. The fourth-order valence-corrected chi connectivity index (χ4v) is 2.66. The number of nitrogens with zero attached hydrogens (tertiary/aromatic N) is 2. The molecule has 2 heterocycles. The molecule has 0 aliphatic heterocycles. The second-order valence-corrected chi connectivity index (χ2v) is 5.55. The minimum absolute atomic E-state index is 0.0223. The van der Waals surface area contributed by atoms with Crippen molar-refractivity contribution < 1.29 is 14.3 Å². The molecule has 0 aliphatic carbocycles. The lowest BCUT2D eigenvalue weighted by Crippen LogP contribution is -2.30. The van der Waals surface area contributed by atoms with E-state index in [9.17, 15) is 4.79 Å². The molecular weight excluding hydrogens is 276 g/mol. The summed E-state index contributed by atoms with van der Waals surface area (Å²) in [5.74, 6) is 0.539. The molecular formula is C14H18N2O3S. The Labute approximate surface area is 121 Å². The van der Waals surface area contributed by atoms with Crippen molar-refractivity contribution in [2.45, 2.75) is 26.8 Å². The van der Waals surface area contributed by atoms with Gasteiger partial charge in [0, 0.05) is 6.54 Å². The molecule has 5 nitrogen and oxygen atoms in total. The van der Waals surface area contributed by atoms with Crippen LogP contribution in [0.2, 0.25) is 0 Å². The highest BCUT2D eigenvalue weighted by atomic mass is 32.1. The molecule has 0 saturated heterocycles. The van der Waals surface area contributed by atoms with Gasteiger partial charge < -0.3 is 9.52 Å². The summed E-state index contributed by atoms with van der Waals surface area (Å²) >= 11 is 1.57. The smallest absolute Gasteiger partial charge is 0.317 e. The summed E-state index contributed by atoms with van der Waals surface area (Å²) < 4.78 is 5.67. The van der Waals surface area contributed by atoms with Crippen molar-refractivity contribution >= 4 is 17.3 Å². The molecule has 0 fully saturated rings. The summed E-state index contributed by atoms with van der Waals surface area (Å²) in [5.41, 5.74) is 0.808. The van der Waals surface area contributed by atoms with E-state index >= 15 is 0 Å². The lowest BCUT2D eigenvalue weighted by Gasteiger charge is -2.17. The van der Waals surface area contributed by atoms with Crippen LogP contribution in [0.4, 0.5) is 0 Å². The highest BCUT2D eigenvalue weighted by molar-refractivity contribution is 7.13. The van der Waals surface area contributed by atoms with Crippen molar-refractivity contribution in [3.05, 3.63) is 29.0 Å². The van der Waals surface area contributed by atoms with Gasteiger partial charge in [-0.05, 0) is 31.3 Å². The maximum absolute atomic E-state index is 10.9. The molecule has 0 spiro atoms. The fourth-order valence-electron chi connectivity index (χ4n) is 2.01. The van der Waals surface area contributed by atoms with Gasteiger partial charge in [-0.25, -0.2) is 4.98 Å². The van der Waals surface area contributed by atoms with Gasteiger partial charge in [0.05, 0.1) is 17.1 Å². The van der Waals surface area contributed by atoms with E-state index in [0.29, 0.717) is 12.4 Å². The van der Waals surface area contributed by atoms with Crippen molar-refractivity contribution in [3.63, 3.8) is 0 Å². The quantitative estimate of drug-likeness (QED) is 0.850. The summed E-state index contributed by atoms with van der Waals surface area (Å²) in [6.07, 6.45) is 0.905. The molecule has 1 N–H and O–H groups in total. The topological polar surface area (TPSA) is 66.6 Å². The number of carboxylic acids is 1. The van der Waals surface area contributed by atoms with E-state index in [-0.39, 0.29) is 6.54 Å². The highest BCUT2D eigenvalue weighted by Crippen LogP contribution is 2.26. The Morgan fingerprint density at radius 2 is 2.35 bits per heavy atom. The zero-order chi connectivity index (χ0) is 14.5. The maximum Gasteiger partial charge on any atom is 0.317 e. The standard InChI is InChI=1S/C14H18N2O3S/c1-3-6-16(9-13(17)18)8-11-10(2)19-14(15-11)12-5-4-7-20-12/h4-5,7H,3,6,8-9H2,1-2H3,(H,17,18). The first kappa shape index (κ1) is 14.7. The Morgan fingerprint density at radius 1 is 1.55 bits per heavy atom. The van der Waals surface area contributed by atoms with Crippen molar-refractivity contribution in [1.82, 2.24) is 9.88 Å². The van der Waals surface area contributed by atoms with E-state index in [2.05, 4.69) is 4.98 Å². The summed E-state index contributed by atoms with van der Waals surface area (Å²) in [6.45, 7) is 5.15. The first-order valence-electron chi connectivity index (χ1n) is 6.54. The SMILES string of the molecule is CCCN(CC(=O)O)Cc1nc(-c2cccs2)oc1C. The Hall–Kier alpha value is -1.66. The van der Waals surface area contributed by atoms with Crippen LogP contribution in [0.1, 0.15) is 24.8 Å². The second kappa shape index (κ2) is 6.67. The molecule has 0 bridgehead atoms. The third-order valence-corrected chi connectivity index (χ3v) is 3.75. The van der Waals surface area contributed by atoms with Gasteiger partial charge in [-0.3, -0.25) is 9.69 Å².